The number of methoxy groups -OCH3 is 1. The summed E-state index contributed by atoms with van der Waals surface area (Å²) in [7, 11) is 1.41. The molecule has 0 atom stereocenters. The average Bonchev–Trinajstić information content (AvgIpc) is 3.11. The predicted octanol–water partition coefficient (Wildman–Crippen LogP) is 2.69. The molecule has 0 N–H and O–H groups in total. The number of hydrogen-bond donors (Lipinski definition) is 0. The monoisotopic (exact) mass is 201 g/mol. The number of ether oxygens (including phenoxy) is 1. The fourth-order valence-corrected chi connectivity index (χ4v) is 1.70. The van der Waals surface area contributed by atoms with Gasteiger partial charge in [-0.15, -0.1) is 0 Å². The molecule has 0 unspecified atom stereocenters. The highest BCUT2D eigenvalue weighted by Gasteiger charge is 2.28. The Balaban J connectivity index is 2.44. The van der Waals surface area contributed by atoms with E-state index in [0.29, 0.717) is 11.5 Å². The van der Waals surface area contributed by atoms with E-state index in [1.807, 2.05) is 12.1 Å². The van der Waals surface area contributed by atoms with Crippen molar-refractivity contribution in [3.63, 3.8) is 0 Å². The van der Waals surface area contributed by atoms with Crippen molar-refractivity contribution in [3.8, 4) is 0 Å². The van der Waals surface area contributed by atoms with E-state index >= 15 is 0 Å². The minimum Gasteiger partial charge on any atom is -0.465 e. The first-order chi connectivity index (χ1) is 7.26. The van der Waals surface area contributed by atoms with Gasteiger partial charge >= 0.3 is 5.97 Å². The van der Waals surface area contributed by atoms with Gasteiger partial charge in [0.2, 0.25) is 0 Å². The SMILES string of the molecule is C=[C]c1ccc(C(=O)OC)c(C2CC2)c1. The van der Waals surface area contributed by atoms with Gasteiger partial charge in [-0.3, -0.25) is 0 Å². The van der Waals surface area contributed by atoms with E-state index in [0.717, 1.165) is 24.0 Å². The van der Waals surface area contributed by atoms with Crippen LogP contribution < -0.4 is 0 Å². The van der Waals surface area contributed by atoms with Crippen LogP contribution in [0.5, 0.6) is 0 Å². The Bertz CT molecular complexity index is 403. The van der Waals surface area contributed by atoms with Crippen molar-refractivity contribution in [3.05, 3.63) is 47.5 Å². The van der Waals surface area contributed by atoms with E-state index < -0.39 is 0 Å². The van der Waals surface area contributed by atoms with Gasteiger partial charge in [-0.25, -0.2) is 4.79 Å². The van der Waals surface area contributed by atoms with E-state index in [2.05, 4.69) is 12.7 Å². The molecule has 2 nitrogen and oxygen atoms in total. The smallest absolute Gasteiger partial charge is 0.338 e. The lowest BCUT2D eigenvalue weighted by atomic mass is 10.00. The van der Waals surface area contributed by atoms with Crippen LogP contribution in [0.4, 0.5) is 0 Å². The molecule has 1 radical (unpaired) electrons. The zero-order chi connectivity index (χ0) is 10.8. The maximum Gasteiger partial charge on any atom is 0.338 e. The molecule has 2 rings (SSSR count). The van der Waals surface area contributed by atoms with Crippen molar-refractivity contribution in [2.24, 2.45) is 0 Å². The normalized spacial score (nSPS) is 14.7. The van der Waals surface area contributed by atoms with Gasteiger partial charge in [-0.1, -0.05) is 18.7 Å². The third-order valence-corrected chi connectivity index (χ3v) is 2.68. The summed E-state index contributed by atoms with van der Waals surface area (Å²) in [6, 6.07) is 5.62. The Morgan fingerprint density at radius 2 is 2.27 bits per heavy atom. The molecule has 1 aromatic rings. The molecule has 15 heavy (non-hydrogen) atoms. The Kier molecular flexibility index (Phi) is 2.58. The molecule has 0 bridgehead atoms. The molecule has 0 amide bonds. The lowest BCUT2D eigenvalue weighted by Crippen LogP contribution is -2.05. The summed E-state index contributed by atoms with van der Waals surface area (Å²) in [6.07, 6.45) is 5.15. The van der Waals surface area contributed by atoms with Crippen LogP contribution in [0.2, 0.25) is 0 Å². The minimum absolute atomic E-state index is 0.257. The molecular formula is C13H13O2. The summed E-state index contributed by atoms with van der Waals surface area (Å²) in [5.41, 5.74) is 2.69. The fraction of sp³-hybridized carbons (Fsp3) is 0.308. The number of esters is 1. The first kappa shape index (κ1) is 9.97. The van der Waals surface area contributed by atoms with Crippen LogP contribution in [0.15, 0.2) is 24.8 Å². The molecular weight excluding hydrogens is 188 g/mol. The first-order valence-corrected chi connectivity index (χ1v) is 5.01. The Labute approximate surface area is 89.6 Å². The highest BCUT2D eigenvalue weighted by Crippen LogP contribution is 2.42. The summed E-state index contributed by atoms with van der Waals surface area (Å²) in [6.45, 7) is 3.61. The summed E-state index contributed by atoms with van der Waals surface area (Å²) in [5.74, 6) is 0.264. The summed E-state index contributed by atoms with van der Waals surface area (Å²) in [4.78, 5) is 11.5. The van der Waals surface area contributed by atoms with Gasteiger partial charge in [0, 0.05) is 0 Å². The maximum atomic E-state index is 11.5. The zero-order valence-corrected chi connectivity index (χ0v) is 8.75. The van der Waals surface area contributed by atoms with Crippen LogP contribution in [-0.2, 0) is 4.74 Å². The molecule has 0 spiro atoms. The van der Waals surface area contributed by atoms with Crippen molar-refractivity contribution in [2.75, 3.05) is 7.11 Å². The highest BCUT2D eigenvalue weighted by atomic mass is 16.5. The molecule has 0 heterocycles. The maximum absolute atomic E-state index is 11.5. The molecule has 1 saturated carbocycles. The number of rotatable bonds is 3. The van der Waals surface area contributed by atoms with Crippen molar-refractivity contribution in [1.29, 1.82) is 0 Å². The minimum atomic E-state index is -0.257. The lowest BCUT2D eigenvalue weighted by Gasteiger charge is -2.07. The predicted molar refractivity (Wildman–Crippen MR) is 57.7 cm³/mol. The molecule has 2 heteroatoms. The summed E-state index contributed by atoms with van der Waals surface area (Å²) in [5, 5.41) is 0. The Hall–Kier alpha value is -1.57. The second-order valence-electron chi connectivity index (χ2n) is 3.74. The zero-order valence-electron chi connectivity index (χ0n) is 8.75. The summed E-state index contributed by atoms with van der Waals surface area (Å²) >= 11 is 0. The largest absolute Gasteiger partial charge is 0.465 e. The van der Waals surface area contributed by atoms with Gasteiger partial charge in [0.15, 0.2) is 0 Å². The number of carbonyl (C=O) groups excluding carboxylic acids is 1. The third kappa shape index (κ3) is 1.94. The molecule has 1 aliphatic rings. The van der Waals surface area contributed by atoms with Crippen molar-refractivity contribution in [2.45, 2.75) is 18.8 Å². The van der Waals surface area contributed by atoms with Crippen LogP contribution in [0.25, 0.3) is 0 Å². The van der Waals surface area contributed by atoms with Crippen LogP contribution in [0, 0.1) is 6.08 Å². The van der Waals surface area contributed by atoms with Crippen LogP contribution in [0.3, 0.4) is 0 Å². The lowest BCUT2D eigenvalue weighted by molar-refractivity contribution is 0.0599. The standard InChI is InChI=1S/C13H13O2/c1-3-9-4-7-11(13(14)15-2)12(8-9)10-5-6-10/h4,7-8,10H,1,5-6H2,2H3. The number of hydrogen-bond acceptors (Lipinski definition) is 2. The Morgan fingerprint density at radius 1 is 1.53 bits per heavy atom. The van der Waals surface area contributed by atoms with Crippen molar-refractivity contribution < 1.29 is 9.53 Å². The van der Waals surface area contributed by atoms with E-state index in [9.17, 15) is 4.79 Å². The van der Waals surface area contributed by atoms with E-state index in [1.54, 1.807) is 6.07 Å². The van der Waals surface area contributed by atoms with Crippen LogP contribution >= 0.6 is 0 Å². The van der Waals surface area contributed by atoms with E-state index in [4.69, 9.17) is 4.74 Å². The highest BCUT2D eigenvalue weighted by molar-refractivity contribution is 5.91. The average molecular weight is 201 g/mol. The molecule has 0 saturated heterocycles. The van der Waals surface area contributed by atoms with Gasteiger partial charge in [-0.2, -0.15) is 0 Å². The van der Waals surface area contributed by atoms with Crippen molar-refractivity contribution >= 4 is 5.97 Å². The Morgan fingerprint density at radius 3 is 2.80 bits per heavy atom. The molecule has 77 valence electrons. The quantitative estimate of drug-likeness (QED) is 0.703. The van der Waals surface area contributed by atoms with E-state index in [-0.39, 0.29) is 5.97 Å². The molecule has 1 aliphatic carbocycles. The van der Waals surface area contributed by atoms with E-state index in [1.165, 1.54) is 7.11 Å². The molecule has 1 aromatic carbocycles. The molecule has 1 fully saturated rings. The van der Waals surface area contributed by atoms with Gasteiger partial charge < -0.3 is 4.74 Å². The molecule has 0 aliphatic heterocycles. The first-order valence-electron chi connectivity index (χ1n) is 5.01. The van der Waals surface area contributed by atoms with Crippen LogP contribution in [-0.4, -0.2) is 13.1 Å². The second kappa shape index (κ2) is 3.89. The number of benzene rings is 1. The topological polar surface area (TPSA) is 26.3 Å². The van der Waals surface area contributed by atoms with Gasteiger partial charge in [0.05, 0.1) is 12.7 Å². The van der Waals surface area contributed by atoms with Gasteiger partial charge in [-0.05, 0) is 42.0 Å². The van der Waals surface area contributed by atoms with Crippen LogP contribution in [0.1, 0.15) is 40.2 Å². The van der Waals surface area contributed by atoms with Gasteiger partial charge in [0.25, 0.3) is 0 Å². The summed E-state index contributed by atoms with van der Waals surface area (Å²) < 4.78 is 4.75. The second-order valence-corrected chi connectivity index (χ2v) is 3.74. The number of carbonyl (C=O) groups is 1. The molecule has 0 aromatic heterocycles. The van der Waals surface area contributed by atoms with Gasteiger partial charge in [0.1, 0.15) is 0 Å². The third-order valence-electron chi connectivity index (χ3n) is 2.68. The fourth-order valence-electron chi connectivity index (χ4n) is 1.70. The van der Waals surface area contributed by atoms with Crippen molar-refractivity contribution in [1.82, 2.24) is 0 Å².